The molecule has 1 N–H and O–H groups in total. The highest BCUT2D eigenvalue weighted by Gasteiger charge is 2.30. The monoisotopic (exact) mass is 442 g/mol. The maximum Gasteiger partial charge on any atom is 0.416 e. The SMILES string of the molecule is O=C(CN(CCN1CCOCC1)C(=O)c1ccc(C(F)(F)F)cc1)Nc1nccs1. The van der Waals surface area contributed by atoms with Crippen LogP contribution in [0.25, 0.3) is 0 Å². The molecule has 0 saturated carbocycles. The number of hydrogen-bond acceptors (Lipinski definition) is 6. The topological polar surface area (TPSA) is 74.8 Å². The van der Waals surface area contributed by atoms with E-state index in [-0.39, 0.29) is 18.7 Å². The van der Waals surface area contributed by atoms with Crippen LogP contribution in [0.4, 0.5) is 18.3 Å². The van der Waals surface area contributed by atoms with Gasteiger partial charge in [0.15, 0.2) is 5.13 Å². The fourth-order valence-corrected chi connectivity index (χ4v) is 3.49. The Bertz CT molecular complexity index is 838. The predicted octanol–water partition coefficient (Wildman–Crippen LogP) is 2.58. The first-order valence-corrected chi connectivity index (χ1v) is 10.2. The Morgan fingerprint density at radius 3 is 2.50 bits per heavy atom. The van der Waals surface area contributed by atoms with Crippen molar-refractivity contribution in [1.29, 1.82) is 0 Å². The molecule has 7 nitrogen and oxygen atoms in total. The first kappa shape index (κ1) is 22.2. The summed E-state index contributed by atoms with van der Waals surface area (Å²) in [7, 11) is 0. The maximum absolute atomic E-state index is 12.9. The number of halogens is 3. The number of anilines is 1. The van der Waals surface area contributed by atoms with Gasteiger partial charge in [-0.2, -0.15) is 13.2 Å². The van der Waals surface area contributed by atoms with Crippen LogP contribution in [-0.2, 0) is 15.7 Å². The Morgan fingerprint density at radius 2 is 1.90 bits per heavy atom. The lowest BCUT2D eigenvalue weighted by Crippen LogP contribution is -2.45. The van der Waals surface area contributed by atoms with Gasteiger partial charge in [-0.05, 0) is 24.3 Å². The van der Waals surface area contributed by atoms with Crippen molar-refractivity contribution >= 4 is 28.3 Å². The average molecular weight is 442 g/mol. The highest BCUT2D eigenvalue weighted by atomic mass is 32.1. The number of thiazole rings is 1. The quantitative estimate of drug-likeness (QED) is 0.714. The lowest BCUT2D eigenvalue weighted by molar-refractivity contribution is -0.137. The number of amides is 2. The normalized spacial score (nSPS) is 15.0. The molecule has 1 aliphatic rings. The summed E-state index contributed by atoms with van der Waals surface area (Å²) in [6.45, 7) is 3.17. The molecule has 1 saturated heterocycles. The Kier molecular flexibility index (Phi) is 7.40. The Labute approximate surface area is 175 Å². The molecule has 30 heavy (non-hydrogen) atoms. The van der Waals surface area contributed by atoms with Crippen molar-refractivity contribution in [3.63, 3.8) is 0 Å². The van der Waals surface area contributed by atoms with E-state index < -0.39 is 23.6 Å². The number of benzene rings is 1. The van der Waals surface area contributed by atoms with Crippen molar-refractivity contribution in [1.82, 2.24) is 14.8 Å². The van der Waals surface area contributed by atoms with Crippen LogP contribution in [-0.4, -0.2) is 72.5 Å². The second kappa shape index (κ2) is 10.0. The molecule has 11 heteroatoms. The fourth-order valence-electron chi connectivity index (χ4n) is 2.94. The van der Waals surface area contributed by atoms with Crippen molar-refractivity contribution < 1.29 is 27.5 Å². The van der Waals surface area contributed by atoms with Crippen molar-refractivity contribution in [3.8, 4) is 0 Å². The smallest absolute Gasteiger partial charge is 0.379 e. The Hall–Kier alpha value is -2.50. The van der Waals surface area contributed by atoms with Crippen molar-refractivity contribution in [3.05, 3.63) is 47.0 Å². The molecular weight excluding hydrogens is 421 g/mol. The zero-order chi connectivity index (χ0) is 21.6. The number of morpholine rings is 1. The van der Waals surface area contributed by atoms with Gasteiger partial charge in [-0.25, -0.2) is 4.98 Å². The number of hydrogen-bond donors (Lipinski definition) is 1. The highest BCUT2D eigenvalue weighted by Crippen LogP contribution is 2.29. The molecule has 1 fully saturated rings. The van der Waals surface area contributed by atoms with E-state index in [1.165, 1.54) is 16.2 Å². The number of carbonyl (C=O) groups is 2. The maximum atomic E-state index is 12.9. The van der Waals surface area contributed by atoms with E-state index in [4.69, 9.17) is 4.74 Å². The van der Waals surface area contributed by atoms with E-state index in [0.717, 1.165) is 24.3 Å². The third kappa shape index (κ3) is 6.25. The van der Waals surface area contributed by atoms with Crippen LogP contribution in [0.5, 0.6) is 0 Å². The summed E-state index contributed by atoms with van der Waals surface area (Å²) in [6.07, 6.45) is -2.94. The molecule has 2 aromatic rings. The molecule has 0 unspecified atom stereocenters. The number of rotatable bonds is 7. The lowest BCUT2D eigenvalue weighted by atomic mass is 10.1. The average Bonchev–Trinajstić information content (AvgIpc) is 3.23. The lowest BCUT2D eigenvalue weighted by Gasteiger charge is -2.30. The third-order valence-electron chi connectivity index (χ3n) is 4.55. The molecule has 3 rings (SSSR count). The molecule has 1 aliphatic heterocycles. The van der Waals surface area contributed by atoms with E-state index in [0.29, 0.717) is 38.0 Å². The third-order valence-corrected chi connectivity index (χ3v) is 5.24. The van der Waals surface area contributed by atoms with Crippen LogP contribution >= 0.6 is 11.3 Å². The molecular formula is C19H21F3N4O3S. The molecule has 0 aliphatic carbocycles. The van der Waals surface area contributed by atoms with Gasteiger partial charge in [0.05, 0.1) is 18.8 Å². The molecule has 0 atom stereocenters. The van der Waals surface area contributed by atoms with E-state index in [1.807, 2.05) is 0 Å². The van der Waals surface area contributed by atoms with Crippen LogP contribution in [0.2, 0.25) is 0 Å². The molecule has 2 amide bonds. The van der Waals surface area contributed by atoms with E-state index in [2.05, 4.69) is 15.2 Å². The molecule has 2 heterocycles. The number of alkyl halides is 3. The van der Waals surface area contributed by atoms with Crippen LogP contribution in [0.1, 0.15) is 15.9 Å². The number of nitrogens with zero attached hydrogens (tertiary/aromatic N) is 3. The van der Waals surface area contributed by atoms with Gasteiger partial charge in [0.1, 0.15) is 6.54 Å². The summed E-state index contributed by atoms with van der Waals surface area (Å²) in [4.78, 5) is 32.7. The second-order valence-electron chi connectivity index (χ2n) is 6.64. The van der Waals surface area contributed by atoms with E-state index >= 15 is 0 Å². The van der Waals surface area contributed by atoms with Crippen LogP contribution in [0.15, 0.2) is 35.8 Å². The second-order valence-corrected chi connectivity index (χ2v) is 7.54. The number of carbonyl (C=O) groups excluding carboxylic acids is 2. The summed E-state index contributed by atoms with van der Waals surface area (Å²) in [5, 5.41) is 4.74. The summed E-state index contributed by atoms with van der Waals surface area (Å²) in [5.74, 6) is -0.932. The number of ether oxygens (including phenoxy) is 1. The molecule has 0 spiro atoms. The summed E-state index contributed by atoms with van der Waals surface area (Å²) in [5.41, 5.74) is -0.743. The summed E-state index contributed by atoms with van der Waals surface area (Å²) >= 11 is 1.25. The van der Waals surface area contributed by atoms with Crippen molar-refractivity contribution in [2.75, 3.05) is 51.3 Å². The largest absolute Gasteiger partial charge is 0.416 e. The van der Waals surface area contributed by atoms with Gasteiger partial charge in [-0.3, -0.25) is 14.5 Å². The van der Waals surface area contributed by atoms with Crippen molar-refractivity contribution in [2.45, 2.75) is 6.18 Å². The summed E-state index contributed by atoms with van der Waals surface area (Å²) < 4.78 is 43.7. The number of aromatic nitrogens is 1. The minimum atomic E-state index is -4.48. The minimum Gasteiger partial charge on any atom is -0.379 e. The Balaban J connectivity index is 1.69. The molecule has 1 aromatic carbocycles. The van der Waals surface area contributed by atoms with Gasteiger partial charge in [0, 0.05) is 43.3 Å². The van der Waals surface area contributed by atoms with E-state index in [1.54, 1.807) is 11.6 Å². The van der Waals surface area contributed by atoms with Gasteiger partial charge in [-0.15, -0.1) is 11.3 Å². The van der Waals surface area contributed by atoms with Gasteiger partial charge >= 0.3 is 6.18 Å². The van der Waals surface area contributed by atoms with Crippen molar-refractivity contribution in [2.24, 2.45) is 0 Å². The van der Waals surface area contributed by atoms with E-state index in [9.17, 15) is 22.8 Å². The first-order chi connectivity index (χ1) is 14.3. The summed E-state index contributed by atoms with van der Waals surface area (Å²) in [6, 6.07) is 3.99. The molecule has 0 radical (unpaired) electrons. The van der Waals surface area contributed by atoms with Crippen LogP contribution in [0, 0.1) is 0 Å². The Morgan fingerprint density at radius 1 is 1.20 bits per heavy atom. The highest BCUT2D eigenvalue weighted by molar-refractivity contribution is 7.13. The fraction of sp³-hybridized carbons (Fsp3) is 0.421. The van der Waals surface area contributed by atoms with Gasteiger partial charge < -0.3 is 15.0 Å². The van der Waals surface area contributed by atoms with Gasteiger partial charge in [0.25, 0.3) is 5.91 Å². The zero-order valence-electron chi connectivity index (χ0n) is 16.0. The van der Waals surface area contributed by atoms with Crippen LogP contribution in [0.3, 0.4) is 0 Å². The standard InChI is InChI=1S/C19H21F3N4O3S/c20-19(21,22)15-3-1-14(2-4-15)17(28)26(7-6-25-8-10-29-11-9-25)13-16(27)24-18-23-5-12-30-18/h1-5,12H,6-11,13H2,(H,23,24,27). The van der Waals surface area contributed by atoms with Crippen LogP contribution < -0.4 is 5.32 Å². The van der Waals surface area contributed by atoms with Gasteiger partial charge in [0.2, 0.25) is 5.91 Å². The van der Waals surface area contributed by atoms with Gasteiger partial charge in [-0.1, -0.05) is 0 Å². The molecule has 0 bridgehead atoms. The molecule has 162 valence electrons. The minimum absolute atomic E-state index is 0.0898. The first-order valence-electron chi connectivity index (χ1n) is 9.29. The zero-order valence-corrected chi connectivity index (χ0v) is 16.8. The predicted molar refractivity (Wildman–Crippen MR) is 105 cm³/mol. The molecule has 1 aromatic heterocycles. The number of nitrogens with one attached hydrogen (secondary N) is 1.